The topological polar surface area (TPSA) is 66.9 Å². The molecule has 5 nitrogen and oxygen atoms in total. The summed E-state index contributed by atoms with van der Waals surface area (Å²) in [6.07, 6.45) is 0.241. The third kappa shape index (κ3) is 5.18. The molecule has 1 heterocycles. The molecule has 0 radical (unpaired) electrons. The third-order valence-corrected chi connectivity index (χ3v) is 4.25. The van der Waals surface area contributed by atoms with Crippen LogP contribution in [0.4, 0.5) is 11.6 Å². The van der Waals surface area contributed by atoms with Crippen LogP contribution < -0.4 is 10.6 Å². The maximum Gasteiger partial charge on any atom is 0.229 e. The highest BCUT2D eigenvalue weighted by molar-refractivity contribution is 6.31. The molecule has 1 aromatic heterocycles. The molecular weight excluding hydrogens is 371 g/mol. The standard InChI is InChI=1S/C19H16Cl2N4O/c20-15-7-5-13(6-8-15)11-19(26)23-18-10-9-17(24-25-18)22-12-14-3-1-2-4-16(14)21/h1-10H,11-12H2,(H,22,24)(H,23,25,26). The van der Waals surface area contributed by atoms with Crippen LogP contribution in [-0.2, 0) is 17.8 Å². The van der Waals surface area contributed by atoms with Gasteiger partial charge in [0, 0.05) is 16.6 Å². The fourth-order valence-electron chi connectivity index (χ4n) is 2.30. The lowest BCUT2D eigenvalue weighted by Crippen LogP contribution is -2.15. The molecule has 0 saturated heterocycles. The van der Waals surface area contributed by atoms with Crippen molar-refractivity contribution in [3.63, 3.8) is 0 Å². The van der Waals surface area contributed by atoms with E-state index in [1.807, 2.05) is 36.4 Å². The molecule has 3 rings (SSSR count). The minimum absolute atomic E-state index is 0.168. The van der Waals surface area contributed by atoms with Crippen LogP contribution in [0.25, 0.3) is 0 Å². The summed E-state index contributed by atoms with van der Waals surface area (Å²) in [5.74, 6) is 0.825. The third-order valence-electron chi connectivity index (χ3n) is 3.63. The summed E-state index contributed by atoms with van der Waals surface area (Å²) < 4.78 is 0. The molecule has 0 atom stereocenters. The maximum atomic E-state index is 12.1. The molecule has 0 saturated carbocycles. The molecule has 7 heteroatoms. The molecule has 1 amide bonds. The Morgan fingerprint density at radius 3 is 2.27 bits per heavy atom. The molecule has 0 aliphatic carbocycles. The Morgan fingerprint density at radius 2 is 1.58 bits per heavy atom. The Morgan fingerprint density at radius 1 is 0.885 bits per heavy atom. The zero-order valence-corrected chi connectivity index (χ0v) is 15.3. The van der Waals surface area contributed by atoms with E-state index in [2.05, 4.69) is 20.8 Å². The largest absolute Gasteiger partial charge is 0.364 e. The van der Waals surface area contributed by atoms with Crippen molar-refractivity contribution in [1.82, 2.24) is 10.2 Å². The summed E-state index contributed by atoms with van der Waals surface area (Å²) in [6, 6.07) is 18.2. The summed E-state index contributed by atoms with van der Waals surface area (Å²) in [5, 5.41) is 15.3. The molecule has 0 aliphatic rings. The number of anilines is 2. The van der Waals surface area contributed by atoms with Crippen molar-refractivity contribution in [2.45, 2.75) is 13.0 Å². The average molecular weight is 387 g/mol. The van der Waals surface area contributed by atoms with Crippen LogP contribution in [0.3, 0.4) is 0 Å². The van der Waals surface area contributed by atoms with Crippen LogP contribution in [-0.4, -0.2) is 16.1 Å². The first-order chi connectivity index (χ1) is 12.6. The molecular formula is C19H16Cl2N4O. The monoisotopic (exact) mass is 386 g/mol. The number of benzene rings is 2. The molecule has 132 valence electrons. The van der Waals surface area contributed by atoms with E-state index in [0.29, 0.717) is 28.2 Å². The number of halogens is 2. The molecule has 0 aliphatic heterocycles. The number of amides is 1. The van der Waals surface area contributed by atoms with Gasteiger partial charge in [-0.15, -0.1) is 10.2 Å². The van der Waals surface area contributed by atoms with E-state index in [4.69, 9.17) is 23.2 Å². The van der Waals surface area contributed by atoms with Gasteiger partial charge in [-0.2, -0.15) is 0 Å². The van der Waals surface area contributed by atoms with E-state index in [-0.39, 0.29) is 12.3 Å². The number of nitrogens with zero attached hydrogens (tertiary/aromatic N) is 2. The van der Waals surface area contributed by atoms with Crippen molar-refractivity contribution in [2.75, 3.05) is 10.6 Å². The van der Waals surface area contributed by atoms with E-state index >= 15 is 0 Å². The normalized spacial score (nSPS) is 10.4. The highest BCUT2D eigenvalue weighted by Gasteiger charge is 2.06. The van der Waals surface area contributed by atoms with Gasteiger partial charge in [0.1, 0.15) is 5.82 Å². The predicted molar refractivity (Wildman–Crippen MR) is 105 cm³/mol. The van der Waals surface area contributed by atoms with Gasteiger partial charge in [-0.1, -0.05) is 53.5 Å². The maximum absolute atomic E-state index is 12.1. The number of aromatic nitrogens is 2. The summed E-state index contributed by atoms with van der Waals surface area (Å²) in [5.41, 5.74) is 1.84. The van der Waals surface area contributed by atoms with Gasteiger partial charge in [0.05, 0.1) is 6.42 Å². The number of hydrogen-bond donors (Lipinski definition) is 2. The van der Waals surface area contributed by atoms with Gasteiger partial charge in [0.25, 0.3) is 0 Å². The van der Waals surface area contributed by atoms with Crippen molar-refractivity contribution in [3.05, 3.63) is 81.8 Å². The molecule has 2 aromatic carbocycles. The second-order valence-electron chi connectivity index (χ2n) is 5.60. The molecule has 3 aromatic rings. The number of hydrogen-bond acceptors (Lipinski definition) is 4. The van der Waals surface area contributed by atoms with Crippen molar-refractivity contribution in [2.24, 2.45) is 0 Å². The average Bonchev–Trinajstić information content (AvgIpc) is 2.64. The lowest BCUT2D eigenvalue weighted by atomic mass is 10.1. The van der Waals surface area contributed by atoms with Gasteiger partial charge in [-0.25, -0.2) is 0 Å². The first-order valence-electron chi connectivity index (χ1n) is 7.95. The van der Waals surface area contributed by atoms with Gasteiger partial charge in [-0.05, 0) is 41.5 Å². The zero-order chi connectivity index (χ0) is 18.4. The van der Waals surface area contributed by atoms with E-state index in [1.54, 1.807) is 24.3 Å². The second kappa shape index (κ2) is 8.65. The Labute approximate surface area is 161 Å². The predicted octanol–water partition coefficient (Wildman–Crippen LogP) is 4.58. The minimum Gasteiger partial charge on any atom is -0.364 e. The van der Waals surface area contributed by atoms with E-state index in [0.717, 1.165) is 11.1 Å². The fraction of sp³-hybridized carbons (Fsp3) is 0.105. The van der Waals surface area contributed by atoms with Crippen LogP contribution >= 0.6 is 23.2 Å². The summed E-state index contributed by atoms with van der Waals surface area (Å²) >= 11 is 12.0. The van der Waals surface area contributed by atoms with E-state index < -0.39 is 0 Å². The number of carbonyl (C=O) groups is 1. The smallest absolute Gasteiger partial charge is 0.229 e. The van der Waals surface area contributed by atoms with Crippen molar-refractivity contribution >= 4 is 40.7 Å². The highest BCUT2D eigenvalue weighted by atomic mass is 35.5. The number of carbonyl (C=O) groups excluding carboxylic acids is 1. The Bertz CT molecular complexity index is 883. The van der Waals surface area contributed by atoms with Crippen LogP contribution in [0.5, 0.6) is 0 Å². The zero-order valence-electron chi connectivity index (χ0n) is 13.7. The van der Waals surface area contributed by atoms with Crippen LogP contribution in [0, 0.1) is 0 Å². The van der Waals surface area contributed by atoms with Crippen molar-refractivity contribution in [1.29, 1.82) is 0 Å². The van der Waals surface area contributed by atoms with E-state index in [9.17, 15) is 4.79 Å². The second-order valence-corrected chi connectivity index (χ2v) is 6.44. The molecule has 26 heavy (non-hydrogen) atoms. The lowest BCUT2D eigenvalue weighted by molar-refractivity contribution is -0.115. The fourth-order valence-corrected chi connectivity index (χ4v) is 2.62. The van der Waals surface area contributed by atoms with Crippen LogP contribution in [0.15, 0.2) is 60.7 Å². The van der Waals surface area contributed by atoms with Crippen LogP contribution in [0.2, 0.25) is 10.0 Å². The Kier molecular flexibility index (Phi) is 6.04. The molecule has 0 bridgehead atoms. The number of rotatable bonds is 6. The summed E-state index contributed by atoms with van der Waals surface area (Å²) in [7, 11) is 0. The Hall–Kier alpha value is -2.63. The highest BCUT2D eigenvalue weighted by Crippen LogP contribution is 2.16. The first-order valence-corrected chi connectivity index (χ1v) is 8.71. The quantitative estimate of drug-likeness (QED) is 0.650. The lowest BCUT2D eigenvalue weighted by Gasteiger charge is -2.08. The van der Waals surface area contributed by atoms with E-state index in [1.165, 1.54) is 0 Å². The number of nitrogens with one attached hydrogen (secondary N) is 2. The summed E-state index contributed by atoms with van der Waals surface area (Å²) in [6.45, 7) is 0.538. The SMILES string of the molecule is O=C(Cc1ccc(Cl)cc1)Nc1ccc(NCc2ccccc2Cl)nn1. The molecule has 0 fully saturated rings. The first kappa shape index (κ1) is 18.2. The molecule has 0 spiro atoms. The van der Waals surface area contributed by atoms with Crippen molar-refractivity contribution in [3.8, 4) is 0 Å². The van der Waals surface area contributed by atoms with Crippen molar-refractivity contribution < 1.29 is 4.79 Å². The van der Waals surface area contributed by atoms with Gasteiger partial charge in [0.15, 0.2) is 5.82 Å². The van der Waals surface area contributed by atoms with Gasteiger partial charge < -0.3 is 10.6 Å². The van der Waals surface area contributed by atoms with Crippen LogP contribution in [0.1, 0.15) is 11.1 Å². The minimum atomic E-state index is -0.168. The van der Waals surface area contributed by atoms with Gasteiger partial charge >= 0.3 is 0 Å². The van der Waals surface area contributed by atoms with Gasteiger partial charge in [0.2, 0.25) is 5.91 Å². The Balaban J connectivity index is 1.53. The molecule has 2 N–H and O–H groups in total. The van der Waals surface area contributed by atoms with Gasteiger partial charge in [-0.3, -0.25) is 4.79 Å². The molecule has 0 unspecified atom stereocenters. The summed E-state index contributed by atoms with van der Waals surface area (Å²) in [4.78, 5) is 12.1.